The first-order chi connectivity index (χ1) is 23.0. The van der Waals surface area contributed by atoms with Crippen LogP contribution < -0.4 is 0 Å². The quantitative estimate of drug-likeness (QED) is 0.345. The first kappa shape index (κ1) is 33.9. The van der Waals surface area contributed by atoms with Crippen LogP contribution in [0.5, 0.6) is 0 Å². The highest BCUT2D eigenvalue weighted by Gasteiger charge is 2.06. The molecule has 0 fully saturated rings. The third-order valence-corrected chi connectivity index (χ3v) is 8.08. The lowest BCUT2D eigenvalue weighted by Crippen LogP contribution is -2.31. The molecule has 0 aliphatic carbocycles. The number of aryl methyl sites for hydroxylation is 3. The molecule has 244 valence electrons. The molecule has 3 aliphatic rings. The summed E-state index contributed by atoms with van der Waals surface area (Å²) in [6.07, 6.45) is 11.9. The highest BCUT2D eigenvalue weighted by Crippen LogP contribution is 2.10. The Labute approximate surface area is 280 Å². The number of benzene rings is 3. The van der Waals surface area contributed by atoms with E-state index in [0.29, 0.717) is 39.3 Å². The van der Waals surface area contributed by atoms with Gasteiger partial charge in [-0.2, -0.15) is 0 Å². The molecular formula is C39H48N8. The van der Waals surface area contributed by atoms with Gasteiger partial charge in [-0.25, -0.2) is 0 Å². The predicted octanol–water partition coefficient (Wildman–Crippen LogP) is 5.16. The lowest BCUT2D eigenvalue weighted by Gasteiger charge is -2.19. The molecule has 0 saturated heterocycles. The normalized spacial score (nSPS) is 20.0. The second kappa shape index (κ2) is 18.1. The van der Waals surface area contributed by atoms with E-state index in [1.807, 2.05) is 37.3 Å². The van der Waals surface area contributed by atoms with Crippen molar-refractivity contribution in [2.24, 2.45) is 30.0 Å². The maximum atomic E-state index is 4.81. The van der Waals surface area contributed by atoms with Gasteiger partial charge in [-0.3, -0.25) is 39.8 Å². The molecule has 3 aliphatic heterocycles. The van der Waals surface area contributed by atoms with Crippen LogP contribution in [-0.4, -0.2) is 126 Å². The molecule has 3 aromatic carbocycles. The zero-order valence-corrected chi connectivity index (χ0v) is 28.2. The third kappa shape index (κ3) is 12.0. The largest absolute Gasteiger partial charge is 0.298 e. The lowest BCUT2D eigenvalue weighted by molar-refractivity contribution is 0.298. The number of hydrogen-bond donors (Lipinski definition) is 0. The molecule has 0 amide bonds. The van der Waals surface area contributed by atoms with Crippen LogP contribution in [0.1, 0.15) is 50.1 Å². The molecule has 8 heteroatoms. The van der Waals surface area contributed by atoms with E-state index >= 15 is 0 Å². The van der Waals surface area contributed by atoms with E-state index in [4.69, 9.17) is 30.0 Å². The van der Waals surface area contributed by atoms with E-state index in [9.17, 15) is 0 Å². The van der Waals surface area contributed by atoms with Gasteiger partial charge in [0.2, 0.25) is 0 Å². The number of fused-ring (bicyclic) bond motifs is 12. The molecule has 0 radical (unpaired) electrons. The van der Waals surface area contributed by atoms with Crippen LogP contribution in [0.3, 0.4) is 0 Å². The Hall–Kier alpha value is -4.40. The molecule has 0 spiro atoms. The molecule has 0 aromatic heterocycles. The first-order valence-corrected chi connectivity index (χ1v) is 16.8. The molecule has 8 nitrogen and oxygen atoms in total. The lowest BCUT2D eigenvalue weighted by atomic mass is 10.1. The Balaban J connectivity index is 1.45. The van der Waals surface area contributed by atoms with Crippen LogP contribution in [0.25, 0.3) is 0 Å². The van der Waals surface area contributed by atoms with Crippen LogP contribution >= 0.6 is 0 Å². The van der Waals surface area contributed by atoms with Gasteiger partial charge in [0.05, 0.1) is 39.3 Å². The fourth-order valence-electron chi connectivity index (χ4n) is 5.86. The van der Waals surface area contributed by atoms with Gasteiger partial charge in [-0.15, -0.1) is 0 Å². The molecule has 0 saturated carbocycles. The van der Waals surface area contributed by atoms with Crippen molar-refractivity contribution in [2.45, 2.75) is 20.8 Å². The average Bonchev–Trinajstić information content (AvgIpc) is 3.03. The molecular weight excluding hydrogens is 580 g/mol. The Bertz CT molecular complexity index is 1350. The fraction of sp³-hybridized carbons (Fsp3) is 0.385. The van der Waals surface area contributed by atoms with Gasteiger partial charge < -0.3 is 0 Å². The summed E-state index contributed by atoms with van der Waals surface area (Å²) in [4.78, 5) is 33.7. The van der Waals surface area contributed by atoms with Crippen molar-refractivity contribution in [3.63, 3.8) is 0 Å². The zero-order chi connectivity index (χ0) is 32.7. The molecule has 6 rings (SSSR count). The monoisotopic (exact) mass is 628 g/mol. The summed E-state index contributed by atoms with van der Waals surface area (Å²) >= 11 is 0. The second-order valence-electron chi connectivity index (χ2n) is 12.4. The van der Waals surface area contributed by atoms with Crippen LogP contribution in [0.4, 0.5) is 0 Å². The Morgan fingerprint density at radius 1 is 0.319 bits per heavy atom. The van der Waals surface area contributed by atoms with Gasteiger partial charge in [0, 0.05) is 76.6 Å². The van der Waals surface area contributed by atoms with Crippen molar-refractivity contribution < 1.29 is 0 Å². The van der Waals surface area contributed by atoms with E-state index in [2.05, 4.69) is 85.2 Å². The van der Waals surface area contributed by atoms with Crippen molar-refractivity contribution in [1.29, 1.82) is 0 Å². The number of hydrogen-bond acceptors (Lipinski definition) is 8. The maximum absolute atomic E-state index is 4.81. The minimum atomic E-state index is 0.710. The van der Waals surface area contributed by atoms with Gasteiger partial charge in [0.1, 0.15) is 0 Å². The van der Waals surface area contributed by atoms with Gasteiger partial charge >= 0.3 is 0 Å². The van der Waals surface area contributed by atoms with E-state index in [0.717, 1.165) is 72.6 Å². The minimum absolute atomic E-state index is 0.710. The molecule has 0 unspecified atom stereocenters. The SMILES string of the molecule is Cc1cc2cc(c1)C=NCCN1CCN=Cc3cc(C)cc(c3)C=NCCN(CCN=C2)CCN=Cc2cc(C)cc(c2)C=NCC1. The molecule has 0 N–H and O–H groups in total. The highest BCUT2D eigenvalue weighted by atomic mass is 15.2. The maximum Gasteiger partial charge on any atom is 0.0517 e. The average molecular weight is 629 g/mol. The van der Waals surface area contributed by atoms with Crippen molar-refractivity contribution in [2.75, 3.05) is 78.5 Å². The van der Waals surface area contributed by atoms with Gasteiger partial charge in [0.25, 0.3) is 0 Å². The van der Waals surface area contributed by atoms with E-state index in [1.54, 1.807) is 0 Å². The summed E-state index contributed by atoms with van der Waals surface area (Å²) in [6.45, 7) is 15.7. The smallest absolute Gasteiger partial charge is 0.0517 e. The van der Waals surface area contributed by atoms with Crippen molar-refractivity contribution >= 4 is 37.3 Å². The molecule has 8 bridgehead atoms. The van der Waals surface area contributed by atoms with E-state index in [1.165, 1.54) is 16.7 Å². The Morgan fingerprint density at radius 2 is 0.511 bits per heavy atom. The standard InChI is InChI=1S/C39H48N8/c1-31-16-34-22-35(17-31)26-41-5-11-47-13-7-43-28-37-19-32(2)18-36(23-37)27-42-6-12-46(10-4-40-25-34)14-8-44-29-38-20-33(3)21-39(24-38)30-45-9-15-47/h16-30H,4-15H2,1-3H3. The number of nitrogens with zero attached hydrogens (tertiary/aromatic N) is 8. The molecule has 47 heavy (non-hydrogen) atoms. The topological polar surface area (TPSA) is 80.6 Å². The Morgan fingerprint density at radius 3 is 0.702 bits per heavy atom. The first-order valence-electron chi connectivity index (χ1n) is 16.8. The summed E-state index contributed by atoms with van der Waals surface area (Å²) in [5, 5.41) is 0. The van der Waals surface area contributed by atoms with E-state index < -0.39 is 0 Å². The summed E-state index contributed by atoms with van der Waals surface area (Å²) < 4.78 is 0. The van der Waals surface area contributed by atoms with E-state index in [-0.39, 0.29) is 0 Å². The Kier molecular flexibility index (Phi) is 13.1. The zero-order valence-electron chi connectivity index (χ0n) is 28.2. The van der Waals surface area contributed by atoms with Crippen LogP contribution in [0, 0.1) is 20.8 Å². The molecule has 3 aromatic rings. The summed E-state index contributed by atoms with van der Waals surface area (Å²) in [5.74, 6) is 0. The van der Waals surface area contributed by atoms with Crippen LogP contribution in [-0.2, 0) is 0 Å². The van der Waals surface area contributed by atoms with Crippen molar-refractivity contribution in [3.05, 3.63) is 105 Å². The molecule has 3 heterocycles. The van der Waals surface area contributed by atoms with Gasteiger partial charge in [-0.05, 0) is 89.0 Å². The molecule has 0 atom stereocenters. The summed E-state index contributed by atoms with van der Waals surface area (Å²) in [5.41, 5.74) is 10.2. The van der Waals surface area contributed by atoms with Crippen LogP contribution in [0.15, 0.2) is 84.6 Å². The van der Waals surface area contributed by atoms with Crippen molar-refractivity contribution in [1.82, 2.24) is 9.80 Å². The van der Waals surface area contributed by atoms with Crippen LogP contribution in [0.2, 0.25) is 0 Å². The summed E-state index contributed by atoms with van der Waals surface area (Å²) in [7, 11) is 0. The third-order valence-electron chi connectivity index (χ3n) is 8.08. The highest BCUT2D eigenvalue weighted by molar-refractivity contribution is 5.88. The minimum Gasteiger partial charge on any atom is -0.298 e. The number of rotatable bonds is 0. The van der Waals surface area contributed by atoms with Gasteiger partial charge in [-0.1, -0.05) is 36.4 Å². The van der Waals surface area contributed by atoms with Gasteiger partial charge in [0.15, 0.2) is 0 Å². The predicted molar refractivity (Wildman–Crippen MR) is 201 cm³/mol. The summed E-state index contributed by atoms with van der Waals surface area (Å²) in [6, 6.07) is 19.5. The van der Waals surface area contributed by atoms with Crippen molar-refractivity contribution in [3.8, 4) is 0 Å². The fourth-order valence-corrected chi connectivity index (χ4v) is 5.86. The number of aliphatic imine (C=N–C) groups is 6. The second-order valence-corrected chi connectivity index (χ2v) is 12.4.